The minimum absolute atomic E-state index is 0.144. The van der Waals surface area contributed by atoms with E-state index >= 15 is 0 Å². The van der Waals surface area contributed by atoms with Crippen LogP contribution in [0.25, 0.3) is 0 Å². The van der Waals surface area contributed by atoms with Gasteiger partial charge in [-0.2, -0.15) is 0 Å². The van der Waals surface area contributed by atoms with Gasteiger partial charge in [-0.3, -0.25) is 4.79 Å². The molecule has 0 N–H and O–H groups in total. The molecular formula is C14H19Cl2NO. The van der Waals surface area contributed by atoms with Crippen molar-refractivity contribution in [3.8, 4) is 0 Å². The van der Waals surface area contributed by atoms with Crippen molar-refractivity contribution < 1.29 is 4.79 Å². The van der Waals surface area contributed by atoms with E-state index in [0.717, 1.165) is 12.0 Å². The van der Waals surface area contributed by atoms with Gasteiger partial charge in [-0.15, -0.1) is 11.6 Å². The molecule has 0 aliphatic carbocycles. The number of benzene rings is 1. The van der Waals surface area contributed by atoms with Crippen molar-refractivity contribution in [2.75, 3.05) is 5.88 Å². The molecule has 0 bridgehead atoms. The summed E-state index contributed by atoms with van der Waals surface area (Å²) in [5.41, 5.74) is 1.05. The van der Waals surface area contributed by atoms with Crippen molar-refractivity contribution in [2.45, 2.75) is 39.3 Å². The van der Waals surface area contributed by atoms with E-state index in [9.17, 15) is 4.79 Å². The van der Waals surface area contributed by atoms with E-state index in [2.05, 4.69) is 0 Å². The Balaban J connectivity index is 2.71. The van der Waals surface area contributed by atoms with Crippen LogP contribution in [0.4, 0.5) is 0 Å². The summed E-state index contributed by atoms with van der Waals surface area (Å²) in [5.74, 6) is 0.667. The summed E-state index contributed by atoms with van der Waals surface area (Å²) in [4.78, 5) is 13.9. The molecule has 0 saturated carbocycles. The van der Waals surface area contributed by atoms with Gasteiger partial charge < -0.3 is 4.90 Å². The Morgan fingerprint density at radius 3 is 2.67 bits per heavy atom. The summed E-state index contributed by atoms with van der Waals surface area (Å²) < 4.78 is 0. The number of carbonyl (C=O) groups is 1. The lowest BCUT2D eigenvalue weighted by Crippen LogP contribution is -2.36. The van der Waals surface area contributed by atoms with Gasteiger partial charge in [0.1, 0.15) is 0 Å². The Labute approximate surface area is 119 Å². The number of hydrogen-bond acceptors (Lipinski definition) is 1. The Bertz CT molecular complexity index is 393. The number of nitrogens with zero attached hydrogens (tertiary/aromatic N) is 1. The lowest BCUT2D eigenvalue weighted by molar-refractivity contribution is -0.133. The zero-order valence-corrected chi connectivity index (χ0v) is 12.3. The molecular weight excluding hydrogens is 269 g/mol. The highest BCUT2D eigenvalue weighted by atomic mass is 35.5. The monoisotopic (exact) mass is 287 g/mol. The maximum absolute atomic E-state index is 12.1. The number of halogens is 2. The molecule has 1 rings (SSSR count). The summed E-state index contributed by atoms with van der Waals surface area (Å²) in [6.45, 7) is 4.63. The van der Waals surface area contributed by atoms with Crippen molar-refractivity contribution in [2.24, 2.45) is 0 Å². The second-order valence-electron chi connectivity index (χ2n) is 4.54. The van der Waals surface area contributed by atoms with Gasteiger partial charge in [0, 0.05) is 29.9 Å². The van der Waals surface area contributed by atoms with Crippen LogP contribution in [0.3, 0.4) is 0 Å². The average molecular weight is 288 g/mol. The zero-order valence-electron chi connectivity index (χ0n) is 10.8. The van der Waals surface area contributed by atoms with Gasteiger partial charge in [-0.05, 0) is 38.0 Å². The van der Waals surface area contributed by atoms with Crippen LogP contribution in [0, 0.1) is 0 Å². The molecule has 4 heteroatoms. The van der Waals surface area contributed by atoms with Crippen LogP contribution in [0.5, 0.6) is 0 Å². The van der Waals surface area contributed by atoms with Crippen LogP contribution in [0.2, 0.25) is 5.02 Å². The topological polar surface area (TPSA) is 20.3 Å². The van der Waals surface area contributed by atoms with Crippen molar-refractivity contribution in [3.63, 3.8) is 0 Å². The van der Waals surface area contributed by atoms with Crippen LogP contribution in [-0.2, 0) is 11.3 Å². The lowest BCUT2D eigenvalue weighted by Gasteiger charge is -2.27. The largest absolute Gasteiger partial charge is 0.336 e. The molecule has 0 aliphatic rings. The normalized spacial score (nSPS) is 10.7. The third-order valence-corrected chi connectivity index (χ3v) is 3.21. The minimum Gasteiger partial charge on any atom is -0.336 e. The molecule has 100 valence electrons. The highest BCUT2D eigenvalue weighted by Gasteiger charge is 2.16. The highest BCUT2D eigenvalue weighted by Crippen LogP contribution is 2.15. The standard InChI is InChI=1S/C14H19Cl2NO/c1-11(2)17(14(18)7-4-8-15)10-12-5-3-6-13(16)9-12/h3,5-6,9,11H,4,7-8,10H2,1-2H3. The van der Waals surface area contributed by atoms with Gasteiger partial charge >= 0.3 is 0 Å². The Hall–Kier alpha value is -0.730. The molecule has 0 radical (unpaired) electrons. The highest BCUT2D eigenvalue weighted by molar-refractivity contribution is 6.30. The summed E-state index contributed by atoms with van der Waals surface area (Å²) in [6.07, 6.45) is 1.22. The molecule has 0 spiro atoms. The van der Waals surface area contributed by atoms with Gasteiger partial charge in [0.25, 0.3) is 0 Å². The molecule has 0 atom stereocenters. The predicted octanol–water partition coefficient (Wildman–Crippen LogP) is 4.10. The Kier molecular flexibility index (Phi) is 6.51. The predicted molar refractivity (Wildman–Crippen MR) is 77.1 cm³/mol. The van der Waals surface area contributed by atoms with E-state index in [1.165, 1.54) is 0 Å². The lowest BCUT2D eigenvalue weighted by atomic mass is 10.1. The van der Waals surface area contributed by atoms with Gasteiger partial charge in [-0.25, -0.2) is 0 Å². The van der Waals surface area contributed by atoms with Crippen molar-refractivity contribution in [1.29, 1.82) is 0 Å². The number of carbonyl (C=O) groups excluding carboxylic acids is 1. The van der Waals surface area contributed by atoms with Crippen LogP contribution < -0.4 is 0 Å². The molecule has 0 aliphatic heterocycles. The fourth-order valence-corrected chi connectivity index (χ4v) is 2.10. The molecule has 0 unspecified atom stereocenters. The first kappa shape index (κ1) is 15.3. The van der Waals surface area contributed by atoms with E-state index in [-0.39, 0.29) is 11.9 Å². The molecule has 0 heterocycles. The van der Waals surface area contributed by atoms with Crippen LogP contribution >= 0.6 is 23.2 Å². The molecule has 1 aromatic rings. The van der Waals surface area contributed by atoms with Crippen molar-refractivity contribution in [3.05, 3.63) is 34.9 Å². The van der Waals surface area contributed by atoms with Gasteiger partial charge in [0.2, 0.25) is 5.91 Å². The molecule has 0 fully saturated rings. The quantitative estimate of drug-likeness (QED) is 0.722. The smallest absolute Gasteiger partial charge is 0.223 e. The third-order valence-electron chi connectivity index (χ3n) is 2.71. The summed E-state index contributed by atoms with van der Waals surface area (Å²) >= 11 is 11.6. The first-order chi connectivity index (χ1) is 8.54. The third kappa shape index (κ3) is 4.87. The van der Waals surface area contributed by atoms with Gasteiger partial charge in [0.05, 0.1) is 0 Å². The second-order valence-corrected chi connectivity index (χ2v) is 5.35. The Morgan fingerprint density at radius 1 is 1.39 bits per heavy atom. The summed E-state index contributed by atoms with van der Waals surface area (Å²) in [5, 5.41) is 0.699. The van der Waals surface area contributed by atoms with Crippen LogP contribution in [0.15, 0.2) is 24.3 Å². The van der Waals surface area contributed by atoms with Crippen LogP contribution in [0.1, 0.15) is 32.3 Å². The first-order valence-electron chi connectivity index (χ1n) is 6.14. The van der Waals surface area contributed by atoms with Crippen molar-refractivity contribution in [1.82, 2.24) is 4.90 Å². The minimum atomic E-state index is 0.144. The van der Waals surface area contributed by atoms with E-state index in [0.29, 0.717) is 23.9 Å². The second kappa shape index (κ2) is 7.65. The maximum atomic E-state index is 12.1. The summed E-state index contributed by atoms with van der Waals surface area (Å²) in [7, 11) is 0. The van der Waals surface area contributed by atoms with Crippen molar-refractivity contribution >= 4 is 29.1 Å². The maximum Gasteiger partial charge on any atom is 0.223 e. The van der Waals surface area contributed by atoms with E-state index in [1.807, 2.05) is 43.0 Å². The molecule has 18 heavy (non-hydrogen) atoms. The molecule has 0 aromatic heterocycles. The molecule has 1 amide bonds. The number of rotatable bonds is 6. The Morgan fingerprint density at radius 2 is 2.11 bits per heavy atom. The van der Waals surface area contributed by atoms with Gasteiger partial charge in [0.15, 0.2) is 0 Å². The number of alkyl halides is 1. The fraction of sp³-hybridized carbons (Fsp3) is 0.500. The summed E-state index contributed by atoms with van der Waals surface area (Å²) in [6, 6.07) is 7.79. The zero-order chi connectivity index (χ0) is 13.5. The van der Waals surface area contributed by atoms with Gasteiger partial charge in [-0.1, -0.05) is 23.7 Å². The van der Waals surface area contributed by atoms with E-state index in [4.69, 9.17) is 23.2 Å². The number of hydrogen-bond donors (Lipinski definition) is 0. The van der Waals surface area contributed by atoms with E-state index in [1.54, 1.807) is 0 Å². The SMILES string of the molecule is CC(C)N(Cc1cccc(Cl)c1)C(=O)CCCCl. The first-order valence-corrected chi connectivity index (χ1v) is 7.05. The van der Waals surface area contributed by atoms with Crippen LogP contribution in [-0.4, -0.2) is 22.7 Å². The van der Waals surface area contributed by atoms with E-state index < -0.39 is 0 Å². The molecule has 1 aromatic carbocycles. The molecule has 0 saturated heterocycles. The average Bonchev–Trinajstić information content (AvgIpc) is 2.32. The fourth-order valence-electron chi connectivity index (χ4n) is 1.75. The molecule has 2 nitrogen and oxygen atoms in total. The number of amides is 1.